The Hall–Kier alpha value is -4.27. The molecule has 0 aliphatic carbocycles. The number of benzene rings is 2. The van der Waals surface area contributed by atoms with Crippen LogP contribution in [0.5, 0.6) is 0 Å². The Bertz CT molecular complexity index is 1850. The molecule has 1 amide bonds. The van der Waals surface area contributed by atoms with Gasteiger partial charge in [0.05, 0.1) is 29.1 Å². The molecule has 190 valence electrons. The van der Waals surface area contributed by atoms with Crippen LogP contribution in [-0.2, 0) is 11.3 Å². The van der Waals surface area contributed by atoms with Crippen LogP contribution in [0.25, 0.3) is 16.7 Å². The van der Waals surface area contributed by atoms with Crippen molar-refractivity contribution in [1.82, 2.24) is 14.0 Å². The van der Waals surface area contributed by atoms with Gasteiger partial charge in [-0.05, 0) is 48.9 Å². The van der Waals surface area contributed by atoms with Gasteiger partial charge in [-0.1, -0.05) is 59.6 Å². The number of rotatable bonds is 5. The lowest BCUT2D eigenvalue weighted by atomic mass is 10.1. The van der Waals surface area contributed by atoms with Crippen molar-refractivity contribution in [3.8, 4) is 0 Å². The Balaban J connectivity index is 1.90. The van der Waals surface area contributed by atoms with Crippen LogP contribution in [0.1, 0.15) is 33.2 Å². The number of amides is 1. The van der Waals surface area contributed by atoms with Crippen LogP contribution >= 0.6 is 23.2 Å². The van der Waals surface area contributed by atoms with E-state index in [4.69, 9.17) is 32.9 Å². The molecule has 0 atom stereocenters. The molecule has 0 N–H and O–H groups in total. The quantitative estimate of drug-likeness (QED) is 0.230. The van der Waals surface area contributed by atoms with Crippen molar-refractivity contribution in [2.75, 3.05) is 6.61 Å². The molecule has 10 heteroatoms. The Morgan fingerprint density at radius 2 is 1.74 bits per heavy atom. The summed E-state index contributed by atoms with van der Waals surface area (Å²) in [5.74, 6) is -1.43. The highest BCUT2D eigenvalue weighted by molar-refractivity contribution is 6.36. The molecule has 3 heterocycles. The number of esters is 1. The van der Waals surface area contributed by atoms with E-state index in [9.17, 15) is 14.4 Å². The third kappa shape index (κ3) is 4.83. The molecule has 3 aromatic heterocycles. The fourth-order valence-electron chi connectivity index (χ4n) is 4.09. The van der Waals surface area contributed by atoms with Crippen LogP contribution in [0.2, 0.25) is 10.0 Å². The smallest absolute Gasteiger partial charge is 0.341 e. The summed E-state index contributed by atoms with van der Waals surface area (Å²) in [5, 5.41) is 0.644. The van der Waals surface area contributed by atoms with Crippen molar-refractivity contribution in [2.45, 2.75) is 13.5 Å². The van der Waals surface area contributed by atoms with Crippen LogP contribution < -0.4 is 11.0 Å². The fourth-order valence-corrected chi connectivity index (χ4v) is 4.58. The zero-order valence-corrected chi connectivity index (χ0v) is 21.6. The number of halogens is 2. The van der Waals surface area contributed by atoms with E-state index in [1.54, 1.807) is 35.9 Å². The molecule has 0 bridgehead atoms. The summed E-state index contributed by atoms with van der Waals surface area (Å²) in [7, 11) is 0. The van der Waals surface area contributed by atoms with Gasteiger partial charge < -0.3 is 9.30 Å². The Kier molecular flexibility index (Phi) is 7.09. The van der Waals surface area contributed by atoms with Crippen molar-refractivity contribution >= 4 is 51.8 Å². The molecule has 2 aromatic carbocycles. The topological polar surface area (TPSA) is 95.0 Å². The summed E-state index contributed by atoms with van der Waals surface area (Å²) < 4.78 is 8.25. The zero-order valence-electron chi connectivity index (χ0n) is 20.1. The first kappa shape index (κ1) is 25.4. The van der Waals surface area contributed by atoms with Crippen LogP contribution in [0.3, 0.4) is 0 Å². The van der Waals surface area contributed by atoms with Gasteiger partial charge in [-0.15, -0.1) is 0 Å². The molecular weight excluding hydrogens is 527 g/mol. The number of hydrogen-bond donors (Lipinski definition) is 0. The van der Waals surface area contributed by atoms with Crippen LogP contribution in [0.4, 0.5) is 0 Å². The van der Waals surface area contributed by atoms with Crippen LogP contribution in [0, 0.1) is 0 Å². The summed E-state index contributed by atoms with van der Waals surface area (Å²) in [6.07, 6.45) is 1.60. The van der Waals surface area contributed by atoms with Gasteiger partial charge in [0.2, 0.25) is 0 Å². The van der Waals surface area contributed by atoms with Gasteiger partial charge in [0.1, 0.15) is 16.9 Å². The molecule has 0 radical (unpaired) electrons. The molecule has 0 aliphatic rings. The summed E-state index contributed by atoms with van der Waals surface area (Å²) in [5.41, 5.74) is 1.15. The first-order valence-electron chi connectivity index (χ1n) is 11.7. The summed E-state index contributed by atoms with van der Waals surface area (Å²) in [4.78, 5) is 49.0. The summed E-state index contributed by atoms with van der Waals surface area (Å²) in [6, 6.07) is 20.3. The molecular formula is C28H20Cl2N4O4. The Morgan fingerprint density at radius 1 is 0.974 bits per heavy atom. The fraction of sp³-hybridized carbons (Fsp3) is 0.107. The number of aromatic nitrogens is 3. The van der Waals surface area contributed by atoms with Gasteiger partial charge in [-0.3, -0.25) is 14.0 Å². The number of ether oxygens (including phenoxy) is 1. The van der Waals surface area contributed by atoms with Gasteiger partial charge in [-0.2, -0.15) is 4.99 Å². The number of nitrogens with zero attached hydrogens (tertiary/aromatic N) is 4. The Morgan fingerprint density at radius 3 is 2.47 bits per heavy atom. The van der Waals surface area contributed by atoms with E-state index in [0.29, 0.717) is 10.7 Å². The lowest BCUT2D eigenvalue weighted by molar-refractivity contribution is 0.0523. The second-order valence-corrected chi connectivity index (χ2v) is 9.14. The first-order valence-corrected chi connectivity index (χ1v) is 12.4. The number of pyridine rings is 2. The van der Waals surface area contributed by atoms with Crippen molar-refractivity contribution < 1.29 is 14.3 Å². The third-order valence-electron chi connectivity index (χ3n) is 5.84. The van der Waals surface area contributed by atoms with E-state index in [1.807, 2.05) is 30.3 Å². The highest BCUT2D eigenvalue weighted by atomic mass is 35.5. The lowest BCUT2D eigenvalue weighted by Gasteiger charge is -2.15. The van der Waals surface area contributed by atoms with E-state index >= 15 is 0 Å². The largest absolute Gasteiger partial charge is 0.462 e. The molecule has 5 rings (SSSR count). The minimum absolute atomic E-state index is 0.0111. The van der Waals surface area contributed by atoms with E-state index in [1.165, 1.54) is 28.7 Å². The van der Waals surface area contributed by atoms with E-state index in [2.05, 4.69) is 4.99 Å². The highest BCUT2D eigenvalue weighted by Gasteiger charge is 2.21. The van der Waals surface area contributed by atoms with Gasteiger partial charge in [-0.25, -0.2) is 9.78 Å². The molecule has 0 fully saturated rings. The van der Waals surface area contributed by atoms with Crippen molar-refractivity contribution in [2.24, 2.45) is 4.99 Å². The SMILES string of the molecule is CCOC(=O)c1cc2c(=O)n3ccccc3nc2n(Cc2ccccc2)c1=NC(=O)c1ccc(Cl)cc1Cl. The number of carbonyl (C=O) groups is 2. The average Bonchev–Trinajstić information content (AvgIpc) is 2.91. The monoisotopic (exact) mass is 546 g/mol. The molecule has 8 nitrogen and oxygen atoms in total. The zero-order chi connectivity index (χ0) is 26.8. The third-order valence-corrected chi connectivity index (χ3v) is 6.39. The van der Waals surface area contributed by atoms with Crippen molar-refractivity contribution in [3.63, 3.8) is 0 Å². The first-order chi connectivity index (χ1) is 18.4. The maximum Gasteiger partial charge on any atom is 0.341 e. The molecule has 0 saturated carbocycles. The predicted octanol–water partition coefficient (Wildman–Crippen LogP) is 4.92. The normalized spacial score (nSPS) is 11.7. The summed E-state index contributed by atoms with van der Waals surface area (Å²) in [6.45, 7) is 1.91. The van der Waals surface area contributed by atoms with Gasteiger partial charge in [0.15, 0.2) is 5.49 Å². The van der Waals surface area contributed by atoms with Crippen LogP contribution in [0.15, 0.2) is 88.8 Å². The minimum atomic E-state index is -0.734. The maximum atomic E-state index is 13.5. The number of hydrogen-bond acceptors (Lipinski definition) is 5. The average molecular weight is 547 g/mol. The van der Waals surface area contributed by atoms with Crippen molar-refractivity contribution in [3.05, 3.63) is 122 Å². The minimum Gasteiger partial charge on any atom is -0.462 e. The molecule has 5 aromatic rings. The van der Waals surface area contributed by atoms with E-state index in [0.717, 1.165) is 5.56 Å². The van der Waals surface area contributed by atoms with Gasteiger partial charge >= 0.3 is 5.97 Å². The second kappa shape index (κ2) is 10.6. The highest BCUT2D eigenvalue weighted by Crippen LogP contribution is 2.22. The Labute approximate surface area is 226 Å². The molecule has 0 aliphatic heterocycles. The maximum absolute atomic E-state index is 13.5. The lowest BCUT2D eigenvalue weighted by Crippen LogP contribution is -2.33. The molecule has 0 spiro atoms. The molecule has 0 unspecified atom stereocenters. The number of carbonyl (C=O) groups excluding carboxylic acids is 2. The van der Waals surface area contributed by atoms with Crippen LogP contribution in [-0.4, -0.2) is 32.4 Å². The van der Waals surface area contributed by atoms with E-state index in [-0.39, 0.29) is 51.4 Å². The van der Waals surface area contributed by atoms with Gasteiger partial charge in [0, 0.05) is 11.2 Å². The molecule has 38 heavy (non-hydrogen) atoms. The van der Waals surface area contributed by atoms with Crippen molar-refractivity contribution in [1.29, 1.82) is 0 Å². The molecule has 0 saturated heterocycles. The van der Waals surface area contributed by atoms with Gasteiger partial charge in [0.25, 0.3) is 11.5 Å². The predicted molar refractivity (Wildman–Crippen MR) is 145 cm³/mol. The number of fused-ring (bicyclic) bond motifs is 2. The summed E-state index contributed by atoms with van der Waals surface area (Å²) >= 11 is 12.3. The van der Waals surface area contributed by atoms with E-state index < -0.39 is 11.9 Å². The second-order valence-electron chi connectivity index (χ2n) is 8.30. The standard InChI is InChI=1S/C28H20Cl2N4O4/c1-2-38-28(37)21-15-20-24(31-23-10-6-7-13-33(23)27(20)36)34(16-17-8-4-3-5-9-17)25(21)32-26(35)19-12-11-18(29)14-22(19)30/h3-15H,2,16H2,1H3.